The monoisotopic (exact) mass is 491 g/mol. The van der Waals surface area contributed by atoms with Crippen LogP contribution >= 0.6 is 11.6 Å². The summed E-state index contributed by atoms with van der Waals surface area (Å²) < 4.78 is 71.6. The number of imidazole rings is 1. The van der Waals surface area contributed by atoms with Gasteiger partial charge in [-0.2, -0.15) is 18.3 Å². The van der Waals surface area contributed by atoms with Crippen molar-refractivity contribution in [1.29, 1.82) is 0 Å². The summed E-state index contributed by atoms with van der Waals surface area (Å²) in [4.78, 5) is 28.1. The number of hydrogen-bond donors (Lipinski definition) is 1. The van der Waals surface area contributed by atoms with Crippen LogP contribution in [-0.2, 0) is 24.5 Å². The molecule has 2 heterocycles. The summed E-state index contributed by atoms with van der Waals surface area (Å²) in [7, 11) is 2.46. The third-order valence-electron chi connectivity index (χ3n) is 4.45. The summed E-state index contributed by atoms with van der Waals surface area (Å²) in [6.07, 6.45) is -6.02. The summed E-state index contributed by atoms with van der Waals surface area (Å²) >= 11 is 6.00. The van der Waals surface area contributed by atoms with E-state index in [-0.39, 0.29) is 27.8 Å². The predicted molar refractivity (Wildman–Crippen MR) is 106 cm³/mol. The van der Waals surface area contributed by atoms with Crippen molar-refractivity contribution in [3.8, 4) is 11.3 Å². The topological polar surface area (TPSA) is 91.0 Å². The molecule has 0 bridgehead atoms. The third kappa shape index (κ3) is 5.13. The van der Waals surface area contributed by atoms with Gasteiger partial charge in [-0.25, -0.2) is 18.6 Å². The molecule has 14 heteroatoms. The second-order valence-corrected chi connectivity index (χ2v) is 7.08. The molecule has 0 saturated carbocycles. The first-order valence-corrected chi connectivity index (χ1v) is 9.44. The van der Waals surface area contributed by atoms with Crippen LogP contribution in [0.15, 0.2) is 30.6 Å². The summed E-state index contributed by atoms with van der Waals surface area (Å²) in [5, 5.41) is 5.68. The highest BCUT2D eigenvalue weighted by Gasteiger charge is 2.38. The first-order valence-electron chi connectivity index (χ1n) is 9.06. The van der Waals surface area contributed by atoms with Crippen LogP contribution in [0.4, 0.5) is 27.6 Å². The molecule has 0 aliphatic carbocycles. The van der Waals surface area contributed by atoms with Gasteiger partial charge in [-0.3, -0.25) is 9.48 Å². The molecule has 0 radical (unpaired) electrons. The first kappa shape index (κ1) is 24.2. The molecule has 3 rings (SSSR count). The van der Waals surface area contributed by atoms with Gasteiger partial charge in [0.1, 0.15) is 6.54 Å². The number of rotatable bonds is 6. The number of halogens is 6. The summed E-state index contributed by atoms with van der Waals surface area (Å²) in [6, 6.07) is 3.97. The molecular formula is C19H15ClF5N5O3. The van der Waals surface area contributed by atoms with Crippen molar-refractivity contribution in [2.45, 2.75) is 19.1 Å². The Kier molecular flexibility index (Phi) is 6.72. The van der Waals surface area contributed by atoms with Gasteiger partial charge >= 0.3 is 12.1 Å². The Bertz CT molecular complexity index is 1210. The van der Waals surface area contributed by atoms with Crippen molar-refractivity contribution in [1.82, 2.24) is 19.3 Å². The second kappa shape index (κ2) is 9.17. The van der Waals surface area contributed by atoms with Gasteiger partial charge in [0.25, 0.3) is 12.3 Å². The lowest BCUT2D eigenvalue weighted by Gasteiger charge is -2.09. The van der Waals surface area contributed by atoms with Gasteiger partial charge in [-0.15, -0.1) is 0 Å². The zero-order chi connectivity index (χ0) is 24.5. The fraction of sp³-hybridized carbons (Fsp3) is 0.263. The highest BCUT2D eigenvalue weighted by Crippen LogP contribution is 2.36. The molecule has 3 aromatic rings. The average molecular weight is 492 g/mol. The lowest BCUT2D eigenvalue weighted by molar-refractivity contribution is -0.141. The third-order valence-corrected chi connectivity index (χ3v) is 4.77. The van der Waals surface area contributed by atoms with Crippen molar-refractivity contribution >= 4 is 29.2 Å². The number of nitrogens with one attached hydrogen (secondary N) is 1. The normalized spacial score (nSPS) is 11.7. The minimum Gasteiger partial charge on any atom is -0.465 e. The largest absolute Gasteiger partial charge is 0.465 e. The molecule has 1 N–H and O–H groups in total. The van der Waals surface area contributed by atoms with Crippen LogP contribution in [0.2, 0.25) is 5.02 Å². The first-order chi connectivity index (χ1) is 15.4. The Morgan fingerprint density at radius 3 is 2.55 bits per heavy atom. The Hall–Kier alpha value is -3.48. The number of nitrogens with zero attached hydrogens (tertiary/aromatic N) is 4. The molecule has 8 nitrogen and oxygen atoms in total. The SMILES string of the molecule is COC(=O)c1ccc(NC(=O)c2ncc(-c3cn(CC(F)F)nc3C(F)(F)F)n2C)cc1Cl. The van der Waals surface area contributed by atoms with E-state index in [4.69, 9.17) is 11.6 Å². The fourth-order valence-electron chi connectivity index (χ4n) is 2.98. The van der Waals surface area contributed by atoms with Crippen molar-refractivity contribution in [3.05, 3.63) is 52.7 Å². The minimum atomic E-state index is -4.92. The van der Waals surface area contributed by atoms with Gasteiger partial charge < -0.3 is 14.6 Å². The van der Waals surface area contributed by atoms with E-state index in [1.165, 1.54) is 32.4 Å². The average Bonchev–Trinajstić information content (AvgIpc) is 3.30. The van der Waals surface area contributed by atoms with Gasteiger partial charge in [-0.1, -0.05) is 11.6 Å². The van der Waals surface area contributed by atoms with Crippen molar-refractivity contribution in [3.63, 3.8) is 0 Å². The molecule has 176 valence electrons. The van der Waals surface area contributed by atoms with Gasteiger partial charge in [-0.05, 0) is 18.2 Å². The Labute approximate surface area is 187 Å². The molecule has 0 fully saturated rings. The number of amides is 1. The predicted octanol–water partition coefficient (Wildman–Crippen LogP) is 4.26. The van der Waals surface area contributed by atoms with Crippen molar-refractivity contribution in [2.75, 3.05) is 12.4 Å². The molecule has 0 spiro atoms. The number of hydrogen-bond acceptors (Lipinski definition) is 5. The van der Waals surface area contributed by atoms with Crippen LogP contribution in [0.3, 0.4) is 0 Å². The van der Waals surface area contributed by atoms with Crippen LogP contribution < -0.4 is 5.32 Å². The number of aromatic nitrogens is 4. The lowest BCUT2D eigenvalue weighted by Crippen LogP contribution is -2.17. The van der Waals surface area contributed by atoms with Gasteiger partial charge in [0.15, 0.2) is 11.5 Å². The van der Waals surface area contributed by atoms with Crippen LogP contribution in [0.5, 0.6) is 0 Å². The highest BCUT2D eigenvalue weighted by molar-refractivity contribution is 6.34. The van der Waals surface area contributed by atoms with E-state index in [2.05, 4.69) is 20.1 Å². The van der Waals surface area contributed by atoms with Crippen LogP contribution in [0, 0.1) is 0 Å². The van der Waals surface area contributed by atoms with Gasteiger partial charge in [0.2, 0.25) is 0 Å². The number of benzene rings is 1. The number of carbonyl (C=O) groups excluding carboxylic acids is 2. The van der Waals surface area contributed by atoms with E-state index < -0.39 is 42.3 Å². The Balaban J connectivity index is 1.91. The molecule has 1 aromatic carbocycles. The van der Waals surface area contributed by atoms with Crippen molar-refractivity contribution in [2.24, 2.45) is 7.05 Å². The summed E-state index contributed by atoms with van der Waals surface area (Å²) in [5.74, 6) is -1.74. The number of esters is 1. The maximum Gasteiger partial charge on any atom is 0.435 e. The van der Waals surface area contributed by atoms with Crippen LogP contribution in [0.1, 0.15) is 26.7 Å². The molecule has 0 aliphatic rings. The number of anilines is 1. The number of alkyl halides is 5. The summed E-state index contributed by atoms with van der Waals surface area (Å²) in [6.45, 7) is -1.03. The maximum absolute atomic E-state index is 13.4. The molecule has 2 aromatic heterocycles. The van der Waals surface area contributed by atoms with E-state index >= 15 is 0 Å². The van der Waals surface area contributed by atoms with E-state index in [0.717, 1.165) is 17.0 Å². The molecular weight excluding hydrogens is 477 g/mol. The lowest BCUT2D eigenvalue weighted by atomic mass is 10.2. The van der Waals surface area contributed by atoms with Crippen molar-refractivity contribution < 1.29 is 36.3 Å². The standard InChI is InChI=1S/C19H15ClF5N5O3/c1-29-13(11-7-30(8-14(21)22)28-15(11)19(23,24)25)6-26-16(29)17(31)27-9-3-4-10(12(20)5-9)18(32)33-2/h3-7,14H,8H2,1-2H3,(H,27,31). The smallest absolute Gasteiger partial charge is 0.435 e. The summed E-state index contributed by atoms with van der Waals surface area (Å²) in [5.41, 5.74) is -1.81. The zero-order valence-corrected chi connectivity index (χ0v) is 17.7. The van der Waals surface area contributed by atoms with E-state index in [1.54, 1.807) is 0 Å². The Morgan fingerprint density at radius 1 is 1.27 bits per heavy atom. The fourth-order valence-corrected chi connectivity index (χ4v) is 3.24. The molecule has 0 aliphatic heterocycles. The highest BCUT2D eigenvalue weighted by atomic mass is 35.5. The molecule has 0 atom stereocenters. The van der Waals surface area contributed by atoms with Gasteiger partial charge in [0, 0.05) is 18.9 Å². The number of methoxy groups -OCH3 is 1. The number of ether oxygens (including phenoxy) is 1. The van der Waals surface area contributed by atoms with E-state index in [1.807, 2.05) is 0 Å². The molecule has 33 heavy (non-hydrogen) atoms. The zero-order valence-electron chi connectivity index (χ0n) is 17.0. The van der Waals surface area contributed by atoms with Crippen LogP contribution in [0.25, 0.3) is 11.3 Å². The molecule has 0 unspecified atom stereocenters. The molecule has 1 amide bonds. The molecule has 0 saturated heterocycles. The minimum absolute atomic E-state index is 0.00134. The Morgan fingerprint density at radius 2 is 1.97 bits per heavy atom. The quantitative estimate of drug-likeness (QED) is 0.411. The maximum atomic E-state index is 13.4. The van der Waals surface area contributed by atoms with E-state index in [9.17, 15) is 31.5 Å². The van der Waals surface area contributed by atoms with E-state index in [0.29, 0.717) is 4.68 Å². The van der Waals surface area contributed by atoms with Crippen LogP contribution in [-0.4, -0.2) is 44.7 Å². The van der Waals surface area contributed by atoms with Gasteiger partial charge in [0.05, 0.1) is 35.2 Å². The second-order valence-electron chi connectivity index (χ2n) is 6.67. The number of carbonyl (C=O) groups is 2.